The van der Waals surface area contributed by atoms with Crippen LogP contribution in [0.5, 0.6) is 0 Å². The van der Waals surface area contributed by atoms with E-state index in [9.17, 15) is 0 Å². The van der Waals surface area contributed by atoms with Gasteiger partial charge in [-0.1, -0.05) is 13.0 Å². The van der Waals surface area contributed by atoms with Crippen LogP contribution in [0.25, 0.3) is 0 Å². The van der Waals surface area contributed by atoms with E-state index in [1.54, 1.807) is 0 Å². The van der Waals surface area contributed by atoms with Gasteiger partial charge in [-0.3, -0.25) is 0 Å². The van der Waals surface area contributed by atoms with Crippen LogP contribution in [0.3, 0.4) is 0 Å². The Morgan fingerprint density at radius 3 is 2.59 bits per heavy atom. The fourth-order valence-corrected chi connectivity index (χ4v) is 3.03. The number of nitrogens with one attached hydrogen (secondary N) is 2. The molecule has 1 aliphatic heterocycles. The van der Waals surface area contributed by atoms with Crippen LogP contribution in [-0.4, -0.2) is 74.9 Å². The van der Waals surface area contributed by atoms with Gasteiger partial charge in [0.1, 0.15) is 5.82 Å². The van der Waals surface area contributed by atoms with E-state index >= 15 is 0 Å². The van der Waals surface area contributed by atoms with E-state index in [0.29, 0.717) is 6.54 Å². The molecule has 1 saturated heterocycles. The van der Waals surface area contributed by atoms with Gasteiger partial charge in [0.05, 0.1) is 6.54 Å². The number of nitrogens with zero attached hydrogens (tertiary/aromatic N) is 4. The van der Waals surface area contributed by atoms with Gasteiger partial charge in [-0.15, -0.1) is 0 Å². The lowest BCUT2D eigenvalue weighted by molar-refractivity contribution is 0.145. The first-order chi connectivity index (χ1) is 13.3. The first-order valence-corrected chi connectivity index (χ1v) is 10.3. The Morgan fingerprint density at radius 1 is 1.15 bits per heavy atom. The number of rotatable bonds is 10. The van der Waals surface area contributed by atoms with Gasteiger partial charge < -0.3 is 25.2 Å². The third-order valence-corrected chi connectivity index (χ3v) is 4.68. The minimum atomic E-state index is 0.623. The third kappa shape index (κ3) is 7.72. The Labute approximate surface area is 164 Å². The number of aliphatic imine (C=N–C) groups is 1. The maximum atomic E-state index is 5.36. The summed E-state index contributed by atoms with van der Waals surface area (Å²) in [6, 6.07) is 4.26. The molecule has 152 valence electrons. The van der Waals surface area contributed by atoms with Crippen molar-refractivity contribution in [3.8, 4) is 0 Å². The number of hydrogen-bond acceptors (Lipinski definition) is 5. The van der Waals surface area contributed by atoms with Crippen LogP contribution in [0, 0.1) is 0 Å². The minimum Gasteiger partial charge on any atom is -0.382 e. The first kappa shape index (κ1) is 21.4. The summed E-state index contributed by atoms with van der Waals surface area (Å²) in [4.78, 5) is 14.2. The summed E-state index contributed by atoms with van der Waals surface area (Å²) in [5.41, 5.74) is 1.12. The van der Waals surface area contributed by atoms with Gasteiger partial charge in [0.2, 0.25) is 0 Å². The lowest BCUT2D eigenvalue weighted by Crippen LogP contribution is -2.46. The number of hydrogen-bond donors (Lipinski definition) is 2. The van der Waals surface area contributed by atoms with E-state index in [0.717, 1.165) is 82.8 Å². The zero-order chi connectivity index (χ0) is 19.3. The number of anilines is 1. The molecule has 0 radical (unpaired) electrons. The van der Waals surface area contributed by atoms with E-state index in [1.165, 1.54) is 0 Å². The maximum absolute atomic E-state index is 5.36. The summed E-state index contributed by atoms with van der Waals surface area (Å²) in [5.74, 6) is 1.91. The van der Waals surface area contributed by atoms with Crippen molar-refractivity contribution in [3.05, 3.63) is 23.9 Å². The van der Waals surface area contributed by atoms with Crippen molar-refractivity contribution < 1.29 is 4.74 Å². The molecule has 0 unspecified atom stereocenters. The highest BCUT2D eigenvalue weighted by Crippen LogP contribution is 2.14. The van der Waals surface area contributed by atoms with Crippen molar-refractivity contribution in [2.24, 2.45) is 4.99 Å². The number of guanidine groups is 1. The van der Waals surface area contributed by atoms with Crippen molar-refractivity contribution >= 4 is 11.8 Å². The molecule has 0 spiro atoms. The van der Waals surface area contributed by atoms with Gasteiger partial charge in [0, 0.05) is 58.7 Å². The molecule has 0 bridgehead atoms. The molecule has 27 heavy (non-hydrogen) atoms. The SMILES string of the molecule is CCNC(=NCc1ccc(N2CCN(CC)CC2)nc1)NCCCOCC. The smallest absolute Gasteiger partial charge is 0.191 e. The molecule has 0 amide bonds. The largest absolute Gasteiger partial charge is 0.382 e. The Kier molecular flexibility index (Phi) is 9.94. The second-order valence-electron chi connectivity index (χ2n) is 6.62. The fourth-order valence-electron chi connectivity index (χ4n) is 3.03. The molecular formula is C20H36N6O. The maximum Gasteiger partial charge on any atom is 0.191 e. The standard InChI is InChI=1S/C20H36N6O/c1-4-21-20(22-10-7-15-27-6-3)24-17-18-8-9-19(23-16-18)26-13-11-25(5-2)12-14-26/h8-9,16H,4-7,10-15,17H2,1-3H3,(H2,21,22,24). The number of pyridine rings is 1. The summed E-state index contributed by atoms with van der Waals surface area (Å²) < 4.78 is 5.36. The van der Waals surface area contributed by atoms with E-state index in [4.69, 9.17) is 4.74 Å². The Morgan fingerprint density at radius 2 is 1.96 bits per heavy atom. The van der Waals surface area contributed by atoms with Crippen LogP contribution in [0.2, 0.25) is 0 Å². The van der Waals surface area contributed by atoms with Gasteiger partial charge >= 0.3 is 0 Å². The van der Waals surface area contributed by atoms with Crippen LogP contribution in [-0.2, 0) is 11.3 Å². The van der Waals surface area contributed by atoms with Gasteiger partial charge in [0.25, 0.3) is 0 Å². The highest BCUT2D eigenvalue weighted by Gasteiger charge is 2.16. The molecule has 1 aliphatic rings. The van der Waals surface area contributed by atoms with Crippen molar-refractivity contribution in [3.63, 3.8) is 0 Å². The predicted molar refractivity (Wildman–Crippen MR) is 112 cm³/mol. The molecule has 2 rings (SSSR count). The highest BCUT2D eigenvalue weighted by atomic mass is 16.5. The lowest BCUT2D eigenvalue weighted by Gasteiger charge is -2.34. The number of aromatic nitrogens is 1. The van der Waals surface area contributed by atoms with Gasteiger partial charge in [0.15, 0.2) is 5.96 Å². The molecule has 0 aliphatic carbocycles. The van der Waals surface area contributed by atoms with Gasteiger partial charge in [-0.25, -0.2) is 9.98 Å². The summed E-state index contributed by atoms with van der Waals surface area (Å²) in [7, 11) is 0. The average Bonchev–Trinajstić information content (AvgIpc) is 2.72. The normalized spacial score (nSPS) is 15.8. The summed E-state index contributed by atoms with van der Waals surface area (Å²) >= 11 is 0. The average molecular weight is 377 g/mol. The van der Waals surface area contributed by atoms with Gasteiger partial charge in [-0.2, -0.15) is 0 Å². The molecule has 7 heteroatoms. The number of ether oxygens (including phenoxy) is 1. The molecular weight excluding hydrogens is 340 g/mol. The van der Waals surface area contributed by atoms with Crippen molar-refractivity contribution in [1.82, 2.24) is 20.5 Å². The molecule has 1 fully saturated rings. The lowest BCUT2D eigenvalue weighted by atomic mass is 10.2. The third-order valence-electron chi connectivity index (χ3n) is 4.68. The monoisotopic (exact) mass is 376 g/mol. The zero-order valence-electron chi connectivity index (χ0n) is 17.2. The number of likely N-dealkylation sites (N-methyl/N-ethyl adjacent to an activating group) is 1. The van der Waals surface area contributed by atoms with Crippen LogP contribution in [0.1, 0.15) is 32.8 Å². The molecule has 0 saturated carbocycles. The zero-order valence-corrected chi connectivity index (χ0v) is 17.2. The van der Waals surface area contributed by atoms with Crippen molar-refractivity contribution in [1.29, 1.82) is 0 Å². The Bertz CT molecular complexity index is 540. The summed E-state index contributed by atoms with van der Waals surface area (Å²) in [6.45, 7) is 15.6. The van der Waals surface area contributed by atoms with Crippen molar-refractivity contribution in [2.45, 2.75) is 33.7 Å². The van der Waals surface area contributed by atoms with E-state index < -0.39 is 0 Å². The molecule has 7 nitrogen and oxygen atoms in total. The molecule has 2 heterocycles. The second-order valence-corrected chi connectivity index (χ2v) is 6.62. The van der Waals surface area contributed by atoms with E-state index in [2.05, 4.69) is 56.4 Å². The first-order valence-electron chi connectivity index (χ1n) is 10.3. The molecule has 0 atom stereocenters. The fraction of sp³-hybridized carbons (Fsp3) is 0.700. The molecule has 0 aromatic carbocycles. The van der Waals surface area contributed by atoms with Crippen LogP contribution >= 0.6 is 0 Å². The quantitative estimate of drug-likeness (QED) is 0.368. The van der Waals surface area contributed by atoms with Crippen LogP contribution in [0.15, 0.2) is 23.3 Å². The topological polar surface area (TPSA) is 65.0 Å². The minimum absolute atomic E-state index is 0.623. The van der Waals surface area contributed by atoms with Crippen LogP contribution < -0.4 is 15.5 Å². The molecule has 1 aromatic rings. The van der Waals surface area contributed by atoms with Crippen molar-refractivity contribution in [2.75, 3.05) is 63.9 Å². The second kappa shape index (κ2) is 12.5. The Hall–Kier alpha value is -1.86. The molecule has 2 N–H and O–H groups in total. The summed E-state index contributed by atoms with van der Waals surface area (Å²) in [6.07, 6.45) is 2.92. The Balaban J connectivity index is 1.81. The summed E-state index contributed by atoms with van der Waals surface area (Å²) in [5, 5.41) is 6.63. The van der Waals surface area contributed by atoms with E-state index in [-0.39, 0.29) is 0 Å². The van der Waals surface area contributed by atoms with Gasteiger partial charge in [-0.05, 0) is 38.4 Å². The molecule has 1 aromatic heterocycles. The van der Waals surface area contributed by atoms with Crippen LogP contribution in [0.4, 0.5) is 5.82 Å². The number of piperazine rings is 1. The predicted octanol–water partition coefficient (Wildman–Crippen LogP) is 1.71. The highest BCUT2D eigenvalue weighted by molar-refractivity contribution is 5.79. The van der Waals surface area contributed by atoms with E-state index in [1.807, 2.05) is 13.1 Å².